The van der Waals surface area contributed by atoms with Gasteiger partial charge in [-0.3, -0.25) is 0 Å². The van der Waals surface area contributed by atoms with Gasteiger partial charge >= 0.3 is 0 Å². The van der Waals surface area contributed by atoms with Gasteiger partial charge in [0.05, 0.1) is 12.6 Å². The second kappa shape index (κ2) is 2.42. The van der Waals surface area contributed by atoms with Crippen molar-refractivity contribution in [3.05, 3.63) is 0 Å². The van der Waals surface area contributed by atoms with Gasteiger partial charge in [-0.05, 0) is 12.8 Å². The highest BCUT2D eigenvalue weighted by Crippen LogP contribution is 2.11. The molecule has 0 bridgehead atoms. The Balaban J connectivity index is 2.28. The van der Waals surface area contributed by atoms with Crippen molar-refractivity contribution in [1.82, 2.24) is 0 Å². The Labute approximate surface area is 47.8 Å². The minimum atomic E-state index is -1.22. The quantitative estimate of drug-likeness (QED) is 0.501. The van der Waals surface area contributed by atoms with Crippen molar-refractivity contribution < 1.29 is 9.13 Å². The molecule has 2 atom stereocenters. The normalized spacial score (nSPS) is 39.8. The molecule has 0 aromatic heterocycles. The number of alkyl halides is 1. The van der Waals surface area contributed by atoms with Gasteiger partial charge in [-0.15, -0.1) is 0 Å². The summed E-state index contributed by atoms with van der Waals surface area (Å²) in [6, 6.07) is -0.385. The van der Waals surface area contributed by atoms with Crippen LogP contribution < -0.4 is 5.73 Å². The van der Waals surface area contributed by atoms with E-state index in [9.17, 15) is 4.39 Å². The minimum Gasteiger partial charge on any atom is -0.347 e. The van der Waals surface area contributed by atoms with E-state index in [2.05, 4.69) is 4.74 Å². The van der Waals surface area contributed by atoms with Crippen molar-refractivity contribution >= 4 is 0 Å². The summed E-state index contributed by atoms with van der Waals surface area (Å²) in [5.74, 6) is 0. The van der Waals surface area contributed by atoms with Crippen molar-refractivity contribution in [2.45, 2.75) is 25.2 Å². The third-order valence-electron chi connectivity index (χ3n) is 1.30. The van der Waals surface area contributed by atoms with Crippen LogP contribution in [0.15, 0.2) is 0 Å². The zero-order valence-electron chi connectivity index (χ0n) is 4.64. The third kappa shape index (κ3) is 1.17. The van der Waals surface area contributed by atoms with Gasteiger partial charge in [-0.25, -0.2) is 4.39 Å². The molecule has 2 N–H and O–H groups in total. The summed E-state index contributed by atoms with van der Waals surface area (Å²) in [5, 5.41) is 0. The maximum atomic E-state index is 12.2. The van der Waals surface area contributed by atoms with E-state index in [-0.39, 0.29) is 6.04 Å². The number of ether oxygens (including phenoxy) is 1. The van der Waals surface area contributed by atoms with E-state index < -0.39 is 6.36 Å². The fourth-order valence-electron chi connectivity index (χ4n) is 0.770. The second-order valence-corrected chi connectivity index (χ2v) is 2.03. The van der Waals surface area contributed by atoms with Crippen LogP contribution in [0.5, 0.6) is 0 Å². The maximum Gasteiger partial charge on any atom is 0.214 e. The highest BCUT2D eigenvalue weighted by molar-refractivity contribution is 4.68. The Morgan fingerprint density at radius 1 is 1.62 bits per heavy atom. The van der Waals surface area contributed by atoms with Gasteiger partial charge in [0.25, 0.3) is 0 Å². The molecule has 0 radical (unpaired) electrons. The Hall–Kier alpha value is -0.150. The van der Waals surface area contributed by atoms with E-state index >= 15 is 0 Å². The lowest BCUT2D eigenvalue weighted by Gasteiger charge is -2.21. The summed E-state index contributed by atoms with van der Waals surface area (Å²) in [6.07, 6.45) is 0.423. The van der Waals surface area contributed by atoms with E-state index in [0.717, 1.165) is 12.8 Å². The Bertz CT molecular complexity index is 68.8. The second-order valence-electron chi connectivity index (χ2n) is 2.03. The zero-order valence-corrected chi connectivity index (χ0v) is 4.64. The topological polar surface area (TPSA) is 35.2 Å². The molecule has 0 aromatic rings. The van der Waals surface area contributed by atoms with Crippen LogP contribution in [0.25, 0.3) is 0 Å². The third-order valence-corrected chi connectivity index (χ3v) is 1.30. The van der Waals surface area contributed by atoms with Crippen LogP contribution in [0.3, 0.4) is 0 Å². The fraction of sp³-hybridized carbons (Fsp3) is 1.00. The molecule has 1 heterocycles. The smallest absolute Gasteiger partial charge is 0.214 e. The maximum absolute atomic E-state index is 12.2. The van der Waals surface area contributed by atoms with Crippen molar-refractivity contribution in [1.29, 1.82) is 0 Å². The molecule has 8 heavy (non-hydrogen) atoms. The highest BCUT2D eigenvalue weighted by atomic mass is 19.1. The average molecular weight is 119 g/mol. The average Bonchev–Trinajstić information content (AvgIpc) is 1.77. The van der Waals surface area contributed by atoms with Crippen molar-refractivity contribution in [3.8, 4) is 0 Å². The first-order chi connectivity index (χ1) is 3.80. The summed E-state index contributed by atoms with van der Waals surface area (Å²) < 4.78 is 16.8. The molecule has 2 unspecified atom stereocenters. The van der Waals surface area contributed by atoms with Crippen LogP contribution in [-0.2, 0) is 4.74 Å². The molecule has 0 aliphatic carbocycles. The molecule has 0 amide bonds. The molecule has 1 aliphatic heterocycles. The summed E-state index contributed by atoms with van der Waals surface area (Å²) in [5.41, 5.74) is 5.28. The molecule has 0 saturated carbocycles. The number of hydrogen-bond donors (Lipinski definition) is 1. The van der Waals surface area contributed by atoms with E-state index in [1.165, 1.54) is 0 Å². The molecule has 1 saturated heterocycles. The first kappa shape index (κ1) is 5.98. The fourth-order valence-corrected chi connectivity index (χ4v) is 0.770. The highest BCUT2D eigenvalue weighted by Gasteiger charge is 2.20. The first-order valence-electron chi connectivity index (χ1n) is 2.82. The SMILES string of the molecule is NC1CCCOC1F. The van der Waals surface area contributed by atoms with E-state index in [1.807, 2.05) is 0 Å². The number of hydrogen-bond acceptors (Lipinski definition) is 2. The summed E-state index contributed by atoms with van der Waals surface area (Å²) in [6.45, 7) is 0.523. The predicted octanol–water partition coefficient (Wildman–Crippen LogP) is 0.420. The van der Waals surface area contributed by atoms with Crippen molar-refractivity contribution in [2.75, 3.05) is 6.61 Å². The predicted molar refractivity (Wildman–Crippen MR) is 28.1 cm³/mol. The molecule has 1 aliphatic rings. The largest absolute Gasteiger partial charge is 0.347 e. The van der Waals surface area contributed by atoms with Crippen LogP contribution >= 0.6 is 0 Å². The van der Waals surface area contributed by atoms with Gasteiger partial charge in [0.15, 0.2) is 0 Å². The van der Waals surface area contributed by atoms with Gasteiger partial charge in [-0.2, -0.15) is 0 Å². The summed E-state index contributed by atoms with van der Waals surface area (Å²) >= 11 is 0. The van der Waals surface area contributed by atoms with Crippen LogP contribution in [0.1, 0.15) is 12.8 Å². The van der Waals surface area contributed by atoms with Gasteiger partial charge in [0, 0.05) is 0 Å². The summed E-state index contributed by atoms with van der Waals surface area (Å²) in [4.78, 5) is 0. The Kier molecular flexibility index (Phi) is 1.81. The van der Waals surface area contributed by atoms with Crippen LogP contribution in [-0.4, -0.2) is 19.0 Å². The molecule has 3 heteroatoms. The molecule has 1 fully saturated rings. The number of nitrogens with two attached hydrogens (primary N) is 1. The molecule has 2 nitrogen and oxygen atoms in total. The Morgan fingerprint density at radius 2 is 2.38 bits per heavy atom. The molecule has 48 valence electrons. The van der Waals surface area contributed by atoms with E-state index in [1.54, 1.807) is 0 Å². The van der Waals surface area contributed by atoms with Crippen molar-refractivity contribution in [2.24, 2.45) is 5.73 Å². The molecular formula is C5H10FNO. The number of rotatable bonds is 0. The van der Waals surface area contributed by atoms with Gasteiger partial charge in [-0.1, -0.05) is 0 Å². The monoisotopic (exact) mass is 119 g/mol. The first-order valence-corrected chi connectivity index (χ1v) is 2.82. The molecular weight excluding hydrogens is 109 g/mol. The Morgan fingerprint density at radius 3 is 2.75 bits per heavy atom. The van der Waals surface area contributed by atoms with Crippen LogP contribution in [0, 0.1) is 0 Å². The molecule has 0 aromatic carbocycles. The van der Waals surface area contributed by atoms with E-state index in [4.69, 9.17) is 5.73 Å². The van der Waals surface area contributed by atoms with Gasteiger partial charge in [0.2, 0.25) is 6.36 Å². The number of halogens is 1. The molecule has 1 rings (SSSR count). The van der Waals surface area contributed by atoms with Crippen molar-refractivity contribution in [3.63, 3.8) is 0 Å². The molecule has 0 spiro atoms. The van der Waals surface area contributed by atoms with Crippen LogP contribution in [0.2, 0.25) is 0 Å². The zero-order chi connectivity index (χ0) is 5.98. The van der Waals surface area contributed by atoms with Gasteiger partial charge in [0.1, 0.15) is 0 Å². The van der Waals surface area contributed by atoms with Crippen LogP contribution in [0.4, 0.5) is 4.39 Å². The standard InChI is InChI=1S/C5H10FNO/c6-5-4(7)2-1-3-8-5/h4-5H,1-3,7H2. The minimum absolute atomic E-state index is 0.385. The van der Waals surface area contributed by atoms with E-state index in [0.29, 0.717) is 6.61 Å². The lowest BCUT2D eigenvalue weighted by atomic mass is 10.1. The summed E-state index contributed by atoms with van der Waals surface area (Å²) in [7, 11) is 0. The van der Waals surface area contributed by atoms with Gasteiger partial charge < -0.3 is 10.5 Å². The lowest BCUT2D eigenvalue weighted by molar-refractivity contribution is -0.0806. The lowest BCUT2D eigenvalue weighted by Crippen LogP contribution is -2.37.